The van der Waals surface area contributed by atoms with Crippen LogP contribution in [0.4, 0.5) is 5.69 Å². The second-order valence-electron chi connectivity index (χ2n) is 10.8. The number of nitrogens with zero attached hydrogens (tertiary/aromatic N) is 5. The number of sulfonamides is 1. The molecule has 0 bridgehead atoms. The topological polar surface area (TPSA) is 172 Å². The number of carboxylic acids is 1. The van der Waals surface area contributed by atoms with E-state index in [2.05, 4.69) is 25.5 Å². The highest BCUT2D eigenvalue weighted by Crippen LogP contribution is 2.21. The number of carboxylic acid groups (broad SMARTS) is 1. The summed E-state index contributed by atoms with van der Waals surface area (Å²) in [6.45, 7) is 1.99. The summed E-state index contributed by atoms with van der Waals surface area (Å²) >= 11 is 0. The van der Waals surface area contributed by atoms with Gasteiger partial charge in [0.2, 0.25) is 21.8 Å². The quantitative estimate of drug-likeness (QED) is 0.101. The zero-order valence-corrected chi connectivity index (χ0v) is 27.4. The third kappa shape index (κ3) is 11.9. The lowest BCUT2D eigenvalue weighted by Gasteiger charge is -2.24. The van der Waals surface area contributed by atoms with Gasteiger partial charge in [-0.3, -0.25) is 18.7 Å². The number of hydrogen-bond acceptors (Lipinski definition) is 9. The van der Waals surface area contributed by atoms with Crippen LogP contribution in [0, 0.1) is 12.8 Å². The lowest BCUT2D eigenvalue weighted by molar-refractivity contribution is -0.146. The van der Waals surface area contributed by atoms with E-state index in [4.69, 9.17) is 0 Å². The Morgan fingerprint density at radius 1 is 0.867 bits per heavy atom. The number of Topliss-reactive ketones (excluding diaryl/α,β-unsaturated/α-hetero) is 1. The molecule has 0 aliphatic carbocycles. The second kappa shape index (κ2) is 18.2. The normalized spacial score (nSPS) is 12.0. The summed E-state index contributed by atoms with van der Waals surface area (Å²) in [5, 5.41) is 27.4. The fourth-order valence-corrected chi connectivity index (χ4v) is 6.66. The number of nitrogens with one attached hydrogen (secondary N) is 1. The smallest absolute Gasteiger partial charge is 0.316 e. The van der Waals surface area contributed by atoms with E-state index < -0.39 is 27.8 Å². The van der Waals surface area contributed by atoms with Crippen molar-refractivity contribution in [3.05, 3.63) is 66.0 Å². The molecule has 3 rings (SSSR count). The van der Waals surface area contributed by atoms with Gasteiger partial charge in [-0.25, -0.2) is 8.42 Å². The molecule has 2 N–H and O–H groups in total. The Hall–Kier alpha value is -3.83. The Bertz CT molecular complexity index is 1490. The summed E-state index contributed by atoms with van der Waals surface area (Å²) < 4.78 is 28.1. The fourth-order valence-electron chi connectivity index (χ4n) is 4.82. The summed E-state index contributed by atoms with van der Waals surface area (Å²) in [5.74, 6) is -1.80. The maximum atomic E-state index is 13.3. The molecule has 12 nitrogen and oxygen atoms in total. The SMILES string of the molecule is Cc1nnc(-c2ccc(CC(=O)CCCCN(c3ccccc3)S(=O)(=O)CCCCCCCC(C(=O)O)C(=O)NP)cc2)nn1. The van der Waals surface area contributed by atoms with Crippen molar-refractivity contribution in [2.24, 2.45) is 5.92 Å². The molecule has 0 aliphatic heterocycles. The number of carbonyl (C=O) groups excluding carboxylic acids is 2. The van der Waals surface area contributed by atoms with Crippen LogP contribution in [0.5, 0.6) is 0 Å². The molecule has 2 unspecified atom stereocenters. The van der Waals surface area contributed by atoms with Crippen molar-refractivity contribution in [1.82, 2.24) is 25.5 Å². The highest BCUT2D eigenvalue weighted by Gasteiger charge is 2.25. The van der Waals surface area contributed by atoms with Crippen LogP contribution in [-0.2, 0) is 30.8 Å². The van der Waals surface area contributed by atoms with E-state index in [1.165, 1.54) is 4.31 Å². The number of aromatic nitrogens is 4. The van der Waals surface area contributed by atoms with Crippen molar-refractivity contribution in [2.45, 2.75) is 71.1 Å². The predicted molar refractivity (Wildman–Crippen MR) is 175 cm³/mol. The number of benzene rings is 2. The molecule has 0 saturated carbocycles. The molecular formula is C31H41N6O6PS. The first-order chi connectivity index (χ1) is 21.6. The number of aryl methyl sites for hydroxylation is 1. The van der Waals surface area contributed by atoms with Gasteiger partial charge in [0.1, 0.15) is 11.7 Å². The first-order valence-electron chi connectivity index (χ1n) is 15.0. The zero-order valence-electron chi connectivity index (χ0n) is 25.5. The van der Waals surface area contributed by atoms with E-state index in [0.717, 1.165) is 17.5 Å². The van der Waals surface area contributed by atoms with Gasteiger partial charge in [-0.2, -0.15) is 0 Å². The molecule has 0 fully saturated rings. The average Bonchev–Trinajstić information content (AvgIpc) is 3.03. The van der Waals surface area contributed by atoms with Crippen LogP contribution in [0.15, 0.2) is 54.6 Å². The van der Waals surface area contributed by atoms with Crippen molar-refractivity contribution >= 4 is 42.8 Å². The predicted octanol–water partition coefficient (Wildman–Crippen LogP) is 4.31. The minimum absolute atomic E-state index is 0.0101. The Balaban J connectivity index is 1.43. The Morgan fingerprint density at radius 3 is 2.16 bits per heavy atom. The van der Waals surface area contributed by atoms with Crippen molar-refractivity contribution in [3.8, 4) is 11.4 Å². The van der Waals surface area contributed by atoms with Gasteiger partial charge in [-0.15, -0.1) is 20.4 Å². The monoisotopic (exact) mass is 656 g/mol. The van der Waals surface area contributed by atoms with Gasteiger partial charge >= 0.3 is 5.97 Å². The van der Waals surface area contributed by atoms with Gasteiger partial charge in [0, 0.05) is 24.9 Å². The van der Waals surface area contributed by atoms with Gasteiger partial charge in [-0.05, 0) is 59.7 Å². The van der Waals surface area contributed by atoms with E-state index in [1.54, 1.807) is 31.2 Å². The molecule has 242 valence electrons. The van der Waals surface area contributed by atoms with Gasteiger partial charge in [0.25, 0.3) is 0 Å². The largest absolute Gasteiger partial charge is 0.481 e. The van der Waals surface area contributed by atoms with E-state index >= 15 is 0 Å². The lowest BCUT2D eigenvalue weighted by atomic mass is 10.00. The fraction of sp³-hybridized carbons (Fsp3) is 0.452. The maximum absolute atomic E-state index is 13.3. The number of amides is 1. The Morgan fingerprint density at radius 2 is 1.51 bits per heavy atom. The highest BCUT2D eigenvalue weighted by atomic mass is 32.2. The standard InChI is InChI=1S/C31H41N6O6PS/c1-23-32-34-29(35-33-23)25-18-16-24(17-19-25)22-27(38)14-9-10-20-37(26-12-6-5-7-13-26)45(42,43)21-11-4-2-3-8-15-28(31(40)41)30(39)36-44/h5-7,12-13,16-19,28H,2-4,8-11,14-15,20-22,44H2,1H3,(H,36,39)(H,40,41). The van der Waals surface area contributed by atoms with Crippen molar-refractivity contribution < 1.29 is 27.9 Å². The van der Waals surface area contributed by atoms with Gasteiger partial charge in [0.05, 0.1) is 11.4 Å². The van der Waals surface area contributed by atoms with Gasteiger partial charge < -0.3 is 10.2 Å². The van der Waals surface area contributed by atoms with Crippen molar-refractivity contribution in [1.29, 1.82) is 0 Å². The summed E-state index contributed by atoms with van der Waals surface area (Å²) in [7, 11) is -1.57. The molecule has 45 heavy (non-hydrogen) atoms. The number of anilines is 1. The van der Waals surface area contributed by atoms with Crippen LogP contribution in [0.3, 0.4) is 0 Å². The summed E-state index contributed by atoms with van der Waals surface area (Å²) in [6.07, 6.45) is 5.16. The van der Waals surface area contributed by atoms with Crippen LogP contribution in [0.25, 0.3) is 11.4 Å². The Labute approximate surface area is 266 Å². The van der Waals surface area contributed by atoms with E-state index in [0.29, 0.717) is 62.3 Å². The third-order valence-electron chi connectivity index (χ3n) is 7.29. The van der Waals surface area contributed by atoms with Crippen molar-refractivity contribution in [2.75, 3.05) is 16.6 Å². The van der Waals surface area contributed by atoms with Gasteiger partial charge in [0.15, 0.2) is 5.82 Å². The van der Waals surface area contributed by atoms with Crippen LogP contribution in [0.1, 0.15) is 69.2 Å². The second-order valence-corrected chi connectivity index (χ2v) is 13.1. The van der Waals surface area contributed by atoms with Crippen LogP contribution >= 0.6 is 9.39 Å². The number of unbranched alkanes of at least 4 members (excludes halogenated alkanes) is 5. The first kappa shape index (κ1) is 35.6. The molecule has 1 amide bonds. The molecule has 0 aliphatic rings. The molecule has 3 aromatic rings. The van der Waals surface area contributed by atoms with Crippen LogP contribution < -0.4 is 9.39 Å². The molecule has 1 aromatic heterocycles. The number of rotatable bonds is 20. The number of hydrogen-bond donors (Lipinski definition) is 2. The minimum atomic E-state index is -3.59. The van der Waals surface area contributed by atoms with E-state index in [1.807, 2.05) is 39.7 Å². The maximum Gasteiger partial charge on any atom is 0.316 e. The van der Waals surface area contributed by atoms with Gasteiger partial charge in [-0.1, -0.05) is 68.1 Å². The molecule has 2 aromatic carbocycles. The number of para-hydroxylation sites is 1. The molecule has 0 radical (unpaired) electrons. The number of carbonyl (C=O) groups is 3. The molecule has 14 heteroatoms. The number of aliphatic carboxylic acids is 1. The van der Waals surface area contributed by atoms with E-state index in [9.17, 15) is 27.9 Å². The van der Waals surface area contributed by atoms with Crippen molar-refractivity contribution in [3.63, 3.8) is 0 Å². The van der Waals surface area contributed by atoms with Crippen LogP contribution in [-0.4, -0.2) is 63.9 Å². The molecule has 0 spiro atoms. The highest BCUT2D eigenvalue weighted by molar-refractivity contribution is 7.92. The number of ketones is 1. The molecule has 1 heterocycles. The molecule has 0 saturated heterocycles. The lowest BCUT2D eigenvalue weighted by Crippen LogP contribution is -2.34. The molecule has 2 atom stereocenters. The zero-order chi connectivity index (χ0) is 32.7. The summed E-state index contributed by atoms with van der Waals surface area (Å²) in [4.78, 5) is 35.6. The average molecular weight is 657 g/mol. The summed E-state index contributed by atoms with van der Waals surface area (Å²) in [6, 6.07) is 16.3. The van der Waals surface area contributed by atoms with Crippen LogP contribution in [0.2, 0.25) is 0 Å². The minimum Gasteiger partial charge on any atom is -0.481 e. The van der Waals surface area contributed by atoms with E-state index in [-0.39, 0.29) is 30.9 Å². The first-order valence-corrected chi connectivity index (χ1v) is 17.2. The summed E-state index contributed by atoms with van der Waals surface area (Å²) in [5.41, 5.74) is 2.23. The molecular weight excluding hydrogens is 615 g/mol. The third-order valence-corrected chi connectivity index (χ3v) is 9.45. The Kier molecular flexibility index (Phi) is 14.4.